The van der Waals surface area contributed by atoms with Gasteiger partial charge in [-0.1, -0.05) is 0 Å². The van der Waals surface area contributed by atoms with Crippen LogP contribution in [0.25, 0.3) is 0 Å². The van der Waals surface area contributed by atoms with Gasteiger partial charge in [0.1, 0.15) is 5.60 Å². The fourth-order valence-corrected chi connectivity index (χ4v) is 3.92. The second kappa shape index (κ2) is 11.0. The number of nitro groups is 1. The van der Waals surface area contributed by atoms with Gasteiger partial charge in [0.25, 0.3) is 11.5 Å². The summed E-state index contributed by atoms with van der Waals surface area (Å²) in [4.78, 5) is 62.9. The SMILES string of the molecule is CC(C)N(C(=O)c1ccc(OC(C)(C(=O)O)C(=O)O)c([N+](=O)[O-])c1)[C@@H]1CCCN(C(=O)OC(C)(C)C)C1. The van der Waals surface area contributed by atoms with Crippen molar-refractivity contribution in [2.75, 3.05) is 13.1 Å². The molecule has 1 heterocycles. The predicted molar refractivity (Wildman–Crippen MR) is 130 cm³/mol. The number of piperidine rings is 1. The molecule has 0 aromatic heterocycles. The first-order valence-corrected chi connectivity index (χ1v) is 11.7. The highest BCUT2D eigenvalue weighted by molar-refractivity contribution is 6.02. The number of ether oxygens (including phenoxy) is 2. The molecule has 13 nitrogen and oxygen atoms in total. The van der Waals surface area contributed by atoms with Crippen LogP contribution in [-0.2, 0) is 14.3 Å². The van der Waals surface area contributed by atoms with E-state index in [1.165, 1.54) is 15.9 Å². The Bertz CT molecular complexity index is 1070. The van der Waals surface area contributed by atoms with Gasteiger partial charge in [0.05, 0.1) is 11.0 Å². The number of carboxylic acid groups (broad SMARTS) is 2. The Balaban J connectivity index is 2.38. The van der Waals surface area contributed by atoms with Gasteiger partial charge in [0.2, 0.25) is 0 Å². The zero-order valence-corrected chi connectivity index (χ0v) is 21.7. The van der Waals surface area contributed by atoms with E-state index in [1.54, 1.807) is 34.6 Å². The van der Waals surface area contributed by atoms with E-state index >= 15 is 0 Å². The van der Waals surface area contributed by atoms with Crippen LogP contribution in [-0.4, -0.2) is 85.3 Å². The molecule has 0 aliphatic carbocycles. The van der Waals surface area contributed by atoms with E-state index in [1.807, 2.05) is 0 Å². The van der Waals surface area contributed by atoms with Crippen molar-refractivity contribution in [2.24, 2.45) is 0 Å². The molecule has 1 fully saturated rings. The van der Waals surface area contributed by atoms with Gasteiger partial charge in [-0.2, -0.15) is 0 Å². The first-order valence-electron chi connectivity index (χ1n) is 11.7. The normalized spacial score (nSPS) is 16.2. The largest absolute Gasteiger partial charge is 0.478 e. The number of nitro benzene ring substituents is 1. The van der Waals surface area contributed by atoms with Crippen molar-refractivity contribution in [2.45, 2.75) is 77.7 Å². The molecule has 1 atom stereocenters. The third-order valence-electron chi connectivity index (χ3n) is 5.77. The maximum atomic E-state index is 13.5. The summed E-state index contributed by atoms with van der Waals surface area (Å²) in [6.07, 6.45) is 0.726. The molecule has 1 aliphatic heterocycles. The molecule has 1 saturated heterocycles. The third-order valence-corrected chi connectivity index (χ3v) is 5.77. The van der Waals surface area contributed by atoms with Crippen molar-refractivity contribution in [3.63, 3.8) is 0 Å². The van der Waals surface area contributed by atoms with Crippen LogP contribution in [0.5, 0.6) is 5.75 Å². The van der Waals surface area contributed by atoms with E-state index in [9.17, 15) is 39.5 Å². The Hall–Kier alpha value is -3.90. The summed E-state index contributed by atoms with van der Waals surface area (Å²) in [7, 11) is 0. The lowest BCUT2D eigenvalue weighted by Gasteiger charge is -2.41. The number of benzene rings is 1. The summed E-state index contributed by atoms with van der Waals surface area (Å²) in [5.74, 6) is -4.86. The molecule has 2 N–H and O–H groups in total. The van der Waals surface area contributed by atoms with Gasteiger partial charge in [-0.15, -0.1) is 0 Å². The number of rotatable bonds is 8. The lowest BCUT2D eigenvalue weighted by molar-refractivity contribution is -0.386. The van der Waals surface area contributed by atoms with Gasteiger partial charge in [0.15, 0.2) is 5.75 Å². The van der Waals surface area contributed by atoms with E-state index < -0.39 is 51.5 Å². The Morgan fingerprint density at radius 2 is 1.73 bits per heavy atom. The number of amides is 2. The predicted octanol–water partition coefficient (Wildman–Crippen LogP) is 3.15. The quantitative estimate of drug-likeness (QED) is 0.292. The minimum atomic E-state index is -2.78. The summed E-state index contributed by atoms with van der Waals surface area (Å²) in [5, 5.41) is 30.2. The van der Waals surface area contributed by atoms with E-state index in [-0.39, 0.29) is 24.2 Å². The number of carbonyl (C=O) groups is 4. The second-order valence-electron chi connectivity index (χ2n) is 10.2. The standard InChI is InChI=1S/C24H33N3O10/c1-14(2)26(16-8-7-11-25(13-16)22(33)37-23(3,4)5)19(28)15-9-10-18(17(12-15)27(34)35)36-24(6,20(29)30)21(31)32/h9-10,12,14,16H,7-8,11,13H2,1-6H3,(H,29,30)(H,31,32)/t16-/m1/s1. The number of carbonyl (C=O) groups excluding carboxylic acids is 2. The fraction of sp³-hybridized carbons (Fsp3) is 0.583. The molecule has 13 heteroatoms. The van der Waals surface area contributed by atoms with Crippen LogP contribution in [0.4, 0.5) is 10.5 Å². The molecule has 0 radical (unpaired) electrons. The maximum Gasteiger partial charge on any atom is 0.410 e. The molecule has 1 aromatic rings. The van der Waals surface area contributed by atoms with E-state index in [4.69, 9.17) is 9.47 Å². The fourth-order valence-electron chi connectivity index (χ4n) is 3.92. The van der Waals surface area contributed by atoms with Gasteiger partial charge >= 0.3 is 23.7 Å². The van der Waals surface area contributed by atoms with Crippen molar-refractivity contribution in [3.8, 4) is 5.75 Å². The van der Waals surface area contributed by atoms with Crippen LogP contribution in [0, 0.1) is 10.1 Å². The average Bonchev–Trinajstić information content (AvgIpc) is 2.77. The zero-order chi connectivity index (χ0) is 28.3. The highest BCUT2D eigenvalue weighted by Gasteiger charge is 2.46. The Morgan fingerprint density at radius 1 is 1.14 bits per heavy atom. The van der Waals surface area contributed by atoms with Crippen molar-refractivity contribution in [1.29, 1.82) is 0 Å². The van der Waals surface area contributed by atoms with Crippen molar-refractivity contribution in [3.05, 3.63) is 33.9 Å². The lowest BCUT2D eigenvalue weighted by atomic mass is 10.0. The molecule has 0 unspecified atom stereocenters. The summed E-state index contributed by atoms with van der Waals surface area (Å²) >= 11 is 0. The van der Waals surface area contributed by atoms with Crippen molar-refractivity contribution in [1.82, 2.24) is 9.80 Å². The molecule has 0 bridgehead atoms. The van der Waals surface area contributed by atoms with Gasteiger partial charge in [0, 0.05) is 30.8 Å². The summed E-state index contributed by atoms with van der Waals surface area (Å²) in [6, 6.07) is 2.42. The second-order valence-corrected chi connectivity index (χ2v) is 10.2. The number of hydrogen-bond acceptors (Lipinski definition) is 8. The number of aliphatic carboxylic acids is 2. The first kappa shape index (κ1) is 29.3. The van der Waals surface area contributed by atoms with Crippen LogP contribution >= 0.6 is 0 Å². The van der Waals surface area contributed by atoms with E-state index in [0.717, 1.165) is 19.1 Å². The van der Waals surface area contributed by atoms with Gasteiger partial charge < -0.3 is 29.5 Å². The topological polar surface area (TPSA) is 177 Å². The van der Waals surface area contributed by atoms with Gasteiger partial charge in [-0.05, 0) is 66.5 Å². The third kappa shape index (κ3) is 6.86. The molecule has 0 saturated carbocycles. The summed E-state index contributed by atoms with van der Waals surface area (Å²) < 4.78 is 10.5. The van der Waals surface area contributed by atoms with Crippen LogP contribution in [0.3, 0.4) is 0 Å². The number of likely N-dealkylation sites (tertiary alicyclic amines) is 1. The van der Waals surface area contributed by atoms with Crippen LogP contribution in [0.2, 0.25) is 0 Å². The Morgan fingerprint density at radius 3 is 2.22 bits per heavy atom. The number of nitrogens with zero attached hydrogens (tertiary/aromatic N) is 3. The smallest absolute Gasteiger partial charge is 0.410 e. The highest BCUT2D eigenvalue weighted by Crippen LogP contribution is 2.33. The summed E-state index contributed by atoms with van der Waals surface area (Å²) in [5.41, 5.74) is -4.30. The lowest BCUT2D eigenvalue weighted by Crippen LogP contribution is -2.54. The highest BCUT2D eigenvalue weighted by atomic mass is 16.6. The van der Waals surface area contributed by atoms with Gasteiger partial charge in [-0.25, -0.2) is 14.4 Å². The maximum absolute atomic E-state index is 13.5. The zero-order valence-electron chi connectivity index (χ0n) is 21.7. The van der Waals surface area contributed by atoms with Crippen molar-refractivity contribution < 1.29 is 43.8 Å². The minimum absolute atomic E-state index is 0.0745. The van der Waals surface area contributed by atoms with Gasteiger partial charge in [-0.3, -0.25) is 14.9 Å². The Labute approximate surface area is 214 Å². The molecule has 1 aliphatic rings. The molecule has 37 heavy (non-hydrogen) atoms. The van der Waals surface area contributed by atoms with E-state index in [2.05, 4.69) is 0 Å². The van der Waals surface area contributed by atoms with Crippen LogP contribution in [0.1, 0.15) is 64.7 Å². The van der Waals surface area contributed by atoms with Crippen molar-refractivity contribution >= 4 is 29.6 Å². The number of carboxylic acids is 2. The molecule has 1 aromatic carbocycles. The molecular weight excluding hydrogens is 490 g/mol. The molecule has 2 rings (SSSR count). The number of hydrogen-bond donors (Lipinski definition) is 2. The molecular formula is C24H33N3O10. The average molecular weight is 524 g/mol. The Kier molecular flexibility index (Phi) is 8.73. The molecule has 204 valence electrons. The first-order chi connectivity index (χ1) is 17.0. The summed E-state index contributed by atoms with van der Waals surface area (Å²) in [6.45, 7) is 10.3. The van der Waals surface area contributed by atoms with Crippen LogP contribution < -0.4 is 4.74 Å². The van der Waals surface area contributed by atoms with E-state index in [0.29, 0.717) is 19.4 Å². The molecule has 2 amide bonds. The minimum Gasteiger partial charge on any atom is -0.478 e. The molecule has 0 spiro atoms. The van der Waals surface area contributed by atoms with Crippen LogP contribution in [0.15, 0.2) is 18.2 Å². The monoisotopic (exact) mass is 523 g/mol.